The number of fused-ring (bicyclic) bond motifs is 1. The number of pyridine rings is 1. The number of hydrogen-bond acceptors (Lipinski definition) is 3. The maximum Gasteiger partial charge on any atom is 0.344 e. The third-order valence-corrected chi connectivity index (χ3v) is 3.76. The van der Waals surface area contributed by atoms with E-state index >= 15 is 0 Å². The molecule has 1 heterocycles. The number of hydrogen-bond donors (Lipinski definition) is 0. The van der Waals surface area contributed by atoms with Crippen LogP contribution in [0.3, 0.4) is 0 Å². The van der Waals surface area contributed by atoms with Crippen LogP contribution in [0, 0.1) is 0 Å². The Kier molecular flexibility index (Phi) is 3.51. The van der Waals surface area contributed by atoms with E-state index in [1.54, 1.807) is 7.05 Å². The van der Waals surface area contributed by atoms with Gasteiger partial charge in [0.25, 0.3) is 5.56 Å². The van der Waals surface area contributed by atoms with Gasteiger partial charge in [-0.2, -0.15) is 0 Å². The van der Waals surface area contributed by atoms with E-state index in [1.807, 2.05) is 54.6 Å². The number of rotatable bonds is 2. The zero-order chi connectivity index (χ0) is 15.7. The van der Waals surface area contributed by atoms with Crippen molar-refractivity contribution in [3.05, 3.63) is 70.5 Å². The Morgan fingerprint density at radius 3 is 2.32 bits per heavy atom. The standard InChI is InChI=1S/C18H15NO3/c1-19-14-11-7-6-10-13(14)15(12-8-4-3-5-9-12)16(17(19)20)18(21)22-2/h3-11H,1-2H3. The molecule has 0 bridgehead atoms. The van der Waals surface area contributed by atoms with Crippen LogP contribution in [0.4, 0.5) is 0 Å². The first-order valence-corrected chi connectivity index (χ1v) is 6.90. The summed E-state index contributed by atoms with van der Waals surface area (Å²) in [5, 5.41) is 0.844. The van der Waals surface area contributed by atoms with Crippen molar-refractivity contribution in [1.29, 1.82) is 0 Å². The average Bonchev–Trinajstić information content (AvgIpc) is 2.58. The third-order valence-electron chi connectivity index (χ3n) is 3.76. The van der Waals surface area contributed by atoms with Crippen molar-refractivity contribution in [1.82, 2.24) is 4.57 Å². The lowest BCUT2D eigenvalue weighted by molar-refractivity contribution is 0.0599. The summed E-state index contributed by atoms with van der Waals surface area (Å²) in [7, 11) is 2.94. The van der Waals surface area contributed by atoms with Crippen molar-refractivity contribution in [2.24, 2.45) is 7.05 Å². The monoisotopic (exact) mass is 293 g/mol. The summed E-state index contributed by atoms with van der Waals surface area (Å²) < 4.78 is 6.31. The molecule has 0 aliphatic rings. The van der Waals surface area contributed by atoms with Gasteiger partial charge < -0.3 is 9.30 Å². The molecule has 0 amide bonds. The quantitative estimate of drug-likeness (QED) is 0.682. The Morgan fingerprint density at radius 2 is 1.64 bits per heavy atom. The van der Waals surface area contributed by atoms with Crippen molar-refractivity contribution in [2.45, 2.75) is 0 Å². The van der Waals surface area contributed by atoms with E-state index < -0.39 is 5.97 Å². The molecule has 3 rings (SSSR count). The van der Waals surface area contributed by atoms with Crippen LogP contribution in [0.1, 0.15) is 10.4 Å². The van der Waals surface area contributed by atoms with Crippen LogP contribution in [0.5, 0.6) is 0 Å². The van der Waals surface area contributed by atoms with Crippen LogP contribution in [0.2, 0.25) is 0 Å². The molecule has 0 saturated heterocycles. The molecule has 0 aliphatic carbocycles. The first kappa shape index (κ1) is 14.1. The highest BCUT2D eigenvalue weighted by atomic mass is 16.5. The van der Waals surface area contributed by atoms with Crippen LogP contribution >= 0.6 is 0 Å². The molecule has 0 atom stereocenters. The number of nitrogens with zero attached hydrogens (tertiary/aromatic N) is 1. The summed E-state index contributed by atoms with van der Waals surface area (Å²) in [5.41, 5.74) is 1.92. The molecule has 2 aromatic carbocycles. The molecule has 3 aromatic rings. The van der Waals surface area contributed by atoms with Crippen LogP contribution < -0.4 is 5.56 Å². The first-order chi connectivity index (χ1) is 10.6. The number of aryl methyl sites for hydroxylation is 1. The Labute approximate surface area is 127 Å². The minimum Gasteiger partial charge on any atom is -0.465 e. The lowest BCUT2D eigenvalue weighted by Crippen LogP contribution is -2.26. The maximum absolute atomic E-state index is 12.6. The number of carbonyl (C=O) groups excluding carboxylic acids is 1. The number of esters is 1. The van der Waals surface area contributed by atoms with Crippen LogP contribution in [-0.4, -0.2) is 17.6 Å². The zero-order valence-corrected chi connectivity index (χ0v) is 12.4. The fraction of sp³-hybridized carbons (Fsp3) is 0.111. The lowest BCUT2D eigenvalue weighted by Gasteiger charge is -2.14. The number of benzene rings is 2. The second-order valence-corrected chi connectivity index (χ2v) is 4.99. The summed E-state index contributed by atoms with van der Waals surface area (Å²) in [4.78, 5) is 24.8. The highest BCUT2D eigenvalue weighted by Gasteiger charge is 2.22. The van der Waals surface area contributed by atoms with Gasteiger partial charge in [-0.15, -0.1) is 0 Å². The molecule has 110 valence electrons. The molecular weight excluding hydrogens is 278 g/mol. The van der Waals surface area contributed by atoms with Crippen LogP contribution in [0.15, 0.2) is 59.4 Å². The number of para-hydroxylation sites is 1. The normalized spacial score (nSPS) is 10.6. The van der Waals surface area contributed by atoms with Gasteiger partial charge in [-0.25, -0.2) is 4.79 Å². The van der Waals surface area contributed by atoms with Crippen molar-refractivity contribution < 1.29 is 9.53 Å². The van der Waals surface area contributed by atoms with Crippen LogP contribution in [0.25, 0.3) is 22.0 Å². The highest BCUT2D eigenvalue weighted by molar-refractivity contribution is 6.06. The summed E-state index contributed by atoms with van der Waals surface area (Å²) in [6.07, 6.45) is 0. The molecule has 1 aromatic heterocycles. The Bertz CT molecular complexity index is 911. The third kappa shape index (κ3) is 2.09. The van der Waals surface area contributed by atoms with Gasteiger partial charge in [-0.1, -0.05) is 48.5 Å². The molecule has 0 unspecified atom stereocenters. The number of carbonyl (C=O) groups is 1. The van der Waals surface area contributed by atoms with Gasteiger partial charge in [0.15, 0.2) is 0 Å². The minimum absolute atomic E-state index is 0.0647. The topological polar surface area (TPSA) is 48.3 Å². The summed E-state index contributed by atoms with van der Waals surface area (Å²) >= 11 is 0. The van der Waals surface area contributed by atoms with E-state index in [4.69, 9.17) is 4.74 Å². The average molecular weight is 293 g/mol. The number of methoxy groups -OCH3 is 1. The lowest BCUT2D eigenvalue weighted by atomic mass is 9.96. The van der Waals surface area contributed by atoms with Gasteiger partial charge in [0.05, 0.1) is 12.6 Å². The van der Waals surface area contributed by atoms with E-state index in [1.165, 1.54) is 11.7 Å². The van der Waals surface area contributed by atoms with Gasteiger partial charge in [-0.3, -0.25) is 4.79 Å². The molecule has 0 aliphatic heterocycles. The highest BCUT2D eigenvalue weighted by Crippen LogP contribution is 2.30. The SMILES string of the molecule is COC(=O)c1c(-c2ccccc2)c2ccccc2n(C)c1=O. The van der Waals surface area contributed by atoms with Crippen molar-refractivity contribution in [2.75, 3.05) is 7.11 Å². The van der Waals surface area contributed by atoms with E-state index in [0.29, 0.717) is 5.56 Å². The number of aromatic nitrogens is 1. The van der Waals surface area contributed by atoms with E-state index in [-0.39, 0.29) is 11.1 Å². The summed E-state index contributed by atoms with van der Waals surface area (Å²) in [6.45, 7) is 0. The number of ether oxygens (including phenoxy) is 1. The van der Waals surface area contributed by atoms with E-state index in [9.17, 15) is 9.59 Å². The molecular formula is C18H15NO3. The van der Waals surface area contributed by atoms with Gasteiger partial charge in [0.2, 0.25) is 0 Å². The largest absolute Gasteiger partial charge is 0.465 e. The van der Waals surface area contributed by atoms with Crippen molar-refractivity contribution in [3.63, 3.8) is 0 Å². The molecule has 0 radical (unpaired) electrons. The predicted molar refractivity (Wildman–Crippen MR) is 86.0 cm³/mol. The summed E-state index contributed by atoms with van der Waals surface area (Å²) in [6, 6.07) is 16.9. The maximum atomic E-state index is 12.6. The van der Waals surface area contributed by atoms with Crippen molar-refractivity contribution >= 4 is 16.9 Å². The second-order valence-electron chi connectivity index (χ2n) is 4.99. The van der Waals surface area contributed by atoms with Crippen molar-refractivity contribution in [3.8, 4) is 11.1 Å². The smallest absolute Gasteiger partial charge is 0.344 e. The Morgan fingerprint density at radius 1 is 1.00 bits per heavy atom. The molecule has 4 nitrogen and oxygen atoms in total. The first-order valence-electron chi connectivity index (χ1n) is 6.90. The Balaban J connectivity index is 2.54. The van der Waals surface area contributed by atoms with E-state index in [0.717, 1.165) is 16.5 Å². The Hall–Kier alpha value is -2.88. The molecule has 0 fully saturated rings. The fourth-order valence-corrected chi connectivity index (χ4v) is 2.69. The molecule has 0 N–H and O–H groups in total. The second kappa shape index (κ2) is 5.48. The minimum atomic E-state index is -0.620. The summed E-state index contributed by atoms with van der Waals surface area (Å²) in [5.74, 6) is -0.620. The molecule has 4 heteroatoms. The fourth-order valence-electron chi connectivity index (χ4n) is 2.69. The molecule has 0 spiro atoms. The van der Waals surface area contributed by atoms with Gasteiger partial charge in [0, 0.05) is 18.0 Å². The predicted octanol–water partition coefficient (Wildman–Crippen LogP) is 2.99. The molecule has 22 heavy (non-hydrogen) atoms. The van der Waals surface area contributed by atoms with Crippen LogP contribution in [-0.2, 0) is 11.8 Å². The van der Waals surface area contributed by atoms with Gasteiger partial charge >= 0.3 is 5.97 Å². The van der Waals surface area contributed by atoms with Gasteiger partial charge in [0.1, 0.15) is 5.56 Å². The van der Waals surface area contributed by atoms with Gasteiger partial charge in [-0.05, 0) is 11.6 Å². The van der Waals surface area contributed by atoms with E-state index in [2.05, 4.69) is 0 Å². The molecule has 0 saturated carbocycles. The zero-order valence-electron chi connectivity index (χ0n) is 12.4.